The van der Waals surface area contributed by atoms with Crippen LogP contribution in [0.25, 0.3) is 0 Å². The van der Waals surface area contributed by atoms with Crippen LogP contribution in [0.5, 0.6) is 0 Å². The number of aliphatic hydroxyl groups excluding tert-OH is 3. The Morgan fingerprint density at radius 2 is 1.91 bits per heavy atom. The molecule has 0 amide bonds. The van der Waals surface area contributed by atoms with E-state index in [2.05, 4.69) is 4.74 Å². The summed E-state index contributed by atoms with van der Waals surface area (Å²) in [6.07, 6.45) is -5.98. The molecule has 11 heavy (non-hydrogen) atoms. The number of rotatable bonds is 1. The van der Waals surface area contributed by atoms with Gasteiger partial charge in [-0.25, -0.2) is 8.78 Å². The molecule has 1 saturated heterocycles. The SMILES string of the molecule is OC[C@H]1OC(O)[C@@H](O)C1(F)F. The Bertz CT molecular complexity index is 151. The molecule has 1 aliphatic heterocycles. The second kappa shape index (κ2) is 2.63. The molecule has 3 atom stereocenters. The van der Waals surface area contributed by atoms with Gasteiger partial charge in [0, 0.05) is 0 Å². The van der Waals surface area contributed by atoms with Crippen LogP contribution >= 0.6 is 0 Å². The second-order valence-corrected chi connectivity index (χ2v) is 2.32. The van der Waals surface area contributed by atoms with Gasteiger partial charge >= 0.3 is 5.92 Å². The van der Waals surface area contributed by atoms with Gasteiger partial charge in [0.1, 0.15) is 0 Å². The molecule has 0 aromatic rings. The Labute approximate surface area is 61.0 Å². The van der Waals surface area contributed by atoms with Gasteiger partial charge in [-0.05, 0) is 0 Å². The second-order valence-electron chi connectivity index (χ2n) is 2.32. The first-order valence-electron chi connectivity index (χ1n) is 3.00. The fraction of sp³-hybridized carbons (Fsp3) is 1.00. The maximum atomic E-state index is 12.6. The maximum Gasteiger partial charge on any atom is 0.306 e. The van der Waals surface area contributed by atoms with Crippen molar-refractivity contribution in [2.75, 3.05) is 6.61 Å². The van der Waals surface area contributed by atoms with Gasteiger partial charge in [0.05, 0.1) is 6.61 Å². The largest absolute Gasteiger partial charge is 0.393 e. The quantitative estimate of drug-likeness (QED) is 0.457. The van der Waals surface area contributed by atoms with Crippen molar-refractivity contribution in [3.63, 3.8) is 0 Å². The van der Waals surface area contributed by atoms with E-state index in [0.717, 1.165) is 0 Å². The standard InChI is InChI=1S/C5H8F2O4/c6-5(7)2(1-8)11-4(10)3(5)9/h2-4,8-10H,1H2/t2-,3-,4?/m1/s1. The summed E-state index contributed by atoms with van der Waals surface area (Å²) in [6.45, 7) is -0.929. The molecular weight excluding hydrogens is 162 g/mol. The Morgan fingerprint density at radius 3 is 2.09 bits per heavy atom. The number of hydrogen-bond donors (Lipinski definition) is 3. The number of hydrogen-bond acceptors (Lipinski definition) is 4. The topological polar surface area (TPSA) is 69.9 Å². The van der Waals surface area contributed by atoms with Gasteiger partial charge in [-0.15, -0.1) is 0 Å². The zero-order valence-electron chi connectivity index (χ0n) is 5.44. The smallest absolute Gasteiger partial charge is 0.306 e. The molecule has 1 aliphatic rings. The van der Waals surface area contributed by atoms with Crippen LogP contribution in [-0.4, -0.2) is 46.3 Å². The molecule has 0 saturated carbocycles. The third-order valence-corrected chi connectivity index (χ3v) is 1.56. The van der Waals surface area contributed by atoms with Crippen molar-refractivity contribution in [3.8, 4) is 0 Å². The lowest BCUT2D eigenvalue weighted by Crippen LogP contribution is -2.41. The van der Waals surface area contributed by atoms with E-state index in [-0.39, 0.29) is 0 Å². The molecule has 1 unspecified atom stereocenters. The molecule has 0 bridgehead atoms. The highest BCUT2D eigenvalue weighted by Gasteiger charge is 2.57. The molecule has 4 nitrogen and oxygen atoms in total. The van der Waals surface area contributed by atoms with Crippen molar-refractivity contribution in [2.24, 2.45) is 0 Å². The molecule has 3 N–H and O–H groups in total. The number of ether oxygens (including phenoxy) is 1. The minimum absolute atomic E-state index is 0.929. The van der Waals surface area contributed by atoms with Crippen molar-refractivity contribution in [1.29, 1.82) is 0 Å². The molecule has 0 aromatic heterocycles. The van der Waals surface area contributed by atoms with E-state index >= 15 is 0 Å². The van der Waals surface area contributed by atoms with Gasteiger partial charge < -0.3 is 20.1 Å². The summed E-state index contributed by atoms with van der Waals surface area (Å²) in [5.41, 5.74) is 0. The van der Waals surface area contributed by atoms with E-state index < -0.39 is 31.0 Å². The molecule has 1 rings (SSSR count). The van der Waals surface area contributed by atoms with Crippen molar-refractivity contribution in [2.45, 2.75) is 24.4 Å². The highest BCUT2D eigenvalue weighted by atomic mass is 19.3. The number of halogens is 2. The van der Waals surface area contributed by atoms with Gasteiger partial charge in [0.15, 0.2) is 18.5 Å². The lowest BCUT2D eigenvalue weighted by molar-refractivity contribution is -0.132. The first-order valence-corrected chi connectivity index (χ1v) is 3.00. The van der Waals surface area contributed by atoms with Crippen LogP contribution in [0, 0.1) is 0 Å². The Morgan fingerprint density at radius 1 is 1.36 bits per heavy atom. The minimum atomic E-state index is -3.58. The van der Waals surface area contributed by atoms with Crippen LogP contribution < -0.4 is 0 Å². The van der Waals surface area contributed by atoms with Gasteiger partial charge in [-0.1, -0.05) is 0 Å². The summed E-state index contributed by atoms with van der Waals surface area (Å²) in [4.78, 5) is 0. The van der Waals surface area contributed by atoms with E-state index in [1.54, 1.807) is 0 Å². The van der Waals surface area contributed by atoms with E-state index in [1.165, 1.54) is 0 Å². The monoisotopic (exact) mass is 170 g/mol. The van der Waals surface area contributed by atoms with Crippen molar-refractivity contribution in [1.82, 2.24) is 0 Å². The molecule has 66 valence electrons. The molecule has 0 aromatic carbocycles. The van der Waals surface area contributed by atoms with Gasteiger partial charge in [-0.2, -0.15) is 0 Å². The summed E-state index contributed by atoms with van der Waals surface area (Å²) in [5, 5.41) is 25.5. The average molecular weight is 170 g/mol. The first-order chi connectivity index (χ1) is 5.00. The fourth-order valence-corrected chi connectivity index (χ4v) is 0.879. The first kappa shape index (κ1) is 8.79. The van der Waals surface area contributed by atoms with Crippen LogP contribution in [0.2, 0.25) is 0 Å². The van der Waals surface area contributed by atoms with Crippen LogP contribution in [0.1, 0.15) is 0 Å². The van der Waals surface area contributed by atoms with E-state index in [9.17, 15) is 8.78 Å². The fourth-order valence-electron chi connectivity index (χ4n) is 0.879. The zero-order valence-corrected chi connectivity index (χ0v) is 5.44. The highest BCUT2D eigenvalue weighted by Crippen LogP contribution is 2.34. The zero-order chi connectivity index (χ0) is 8.65. The lowest BCUT2D eigenvalue weighted by atomic mass is 10.1. The van der Waals surface area contributed by atoms with Gasteiger partial charge in [0.2, 0.25) is 0 Å². The van der Waals surface area contributed by atoms with Crippen LogP contribution in [0.4, 0.5) is 8.78 Å². The molecule has 0 radical (unpaired) electrons. The number of alkyl halides is 2. The summed E-state index contributed by atoms with van der Waals surface area (Å²) < 4.78 is 29.3. The van der Waals surface area contributed by atoms with Crippen molar-refractivity contribution in [3.05, 3.63) is 0 Å². The summed E-state index contributed by atoms with van der Waals surface area (Å²) >= 11 is 0. The molecule has 0 spiro atoms. The molecule has 6 heteroatoms. The Hall–Kier alpha value is -0.300. The summed E-state index contributed by atoms with van der Waals surface area (Å²) in [7, 11) is 0. The average Bonchev–Trinajstić information content (AvgIpc) is 2.13. The van der Waals surface area contributed by atoms with E-state index in [0.29, 0.717) is 0 Å². The summed E-state index contributed by atoms with van der Waals surface area (Å²) in [6, 6.07) is 0. The molecular formula is C5H8F2O4. The van der Waals surface area contributed by atoms with Crippen LogP contribution in [0.3, 0.4) is 0 Å². The van der Waals surface area contributed by atoms with E-state index in [4.69, 9.17) is 15.3 Å². The molecule has 1 fully saturated rings. The van der Waals surface area contributed by atoms with Gasteiger partial charge in [-0.3, -0.25) is 0 Å². The van der Waals surface area contributed by atoms with Crippen LogP contribution in [-0.2, 0) is 4.74 Å². The van der Waals surface area contributed by atoms with Crippen molar-refractivity contribution < 1.29 is 28.8 Å². The van der Waals surface area contributed by atoms with Crippen LogP contribution in [0.15, 0.2) is 0 Å². The Kier molecular flexibility index (Phi) is 2.10. The maximum absolute atomic E-state index is 12.6. The summed E-state index contributed by atoms with van der Waals surface area (Å²) in [5.74, 6) is -3.58. The molecule has 0 aliphatic carbocycles. The lowest BCUT2D eigenvalue weighted by Gasteiger charge is -2.16. The van der Waals surface area contributed by atoms with E-state index in [1.807, 2.05) is 0 Å². The highest BCUT2D eigenvalue weighted by molar-refractivity contribution is 4.92. The molecule has 1 heterocycles. The third kappa shape index (κ3) is 1.22. The predicted octanol–water partition coefficient (Wildman–Crippen LogP) is -1.31. The Balaban J connectivity index is 2.74. The minimum Gasteiger partial charge on any atom is -0.393 e. The number of aliphatic hydroxyl groups is 3. The normalized spacial score (nSPS) is 42.8. The third-order valence-electron chi connectivity index (χ3n) is 1.56. The van der Waals surface area contributed by atoms with Gasteiger partial charge in [0.25, 0.3) is 0 Å². The van der Waals surface area contributed by atoms with Crippen molar-refractivity contribution >= 4 is 0 Å². The predicted molar refractivity (Wildman–Crippen MR) is 28.9 cm³/mol.